The summed E-state index contributed by atoms with van der Waals surface area (Å²) in [6.45, 7) is -0.527. The van der Waals surface area contributed by atoms with Crippen LogP contribution in [-0.4, -0.2) is 46.7 Å². The van der Waals surface area contributed by atoms with E-state index in [4.69, 9.17) is 16.6 Å². The third kappa shape index (κ3) is 3.92. The van der Waals surface area contributed by atoms with Gasteiger partial charge in [0, 0.05) is 25.2 Å². The number of aromatic nitrogens is 3. The Morgan fingerprint density at radius 1 is 1.19 bits per heavy atom. The number of rotatable bonds is 5. The minimum atomic E-state index is -3.11. The van der Waals surface area contributed by atoms with Gasteiger partial charge in [-0.1, -0.05) is 11.6 Å². The van der Waals surface area contributed by atoms with Crippen molar-refractivity contribution in [2.24, 2.45) is 0 Å². The second kappa shape index (κ2) is 7.69. The molecule has 3 aromatic rings. The molecule has 11 heteroatoms. The molecule has 2 aliphatic rings. The van der Waals surface area contributed by atoms with Gasteiger partial charge >= 0.3 is 6.61 Å². The van der Waals surface area contributed by atoms with Crippen LogP contribution in [0.4, 0.5) is 30.5 Å². The molecule has 0 amide bonds. The van der Waals surface area contributed by atoms with Crippen molar-refractivity contribution in [1.82, 2.24) is 20.3 Å². The highest BCUT2D eigenvalue weighted by Gasteiger charge is 2.45. The van der Waals surface area contributed by atoms with Crippen LogP contribution in [0, 0.1) is 5.82 Å². The second-order valence-electron chi connectivity index (χ2n) is 7.63. The average Bonchev–Trinajstić information content (AvgIpc) is 3.51. The van der Waals surface area contributed by atoms with Gasteiger partial charge in [0.2, 0.25) is 0 Å². The zero-order valence-electron chi connectivity index (χ0n) is 16.2. The van der Waals surface area contributed by atoms with E-state index in [1.54, 1.807) is 0 Å². The largest absolute Gasteiger partial charge is 0.433 e. The molecule has 5 rings (SSSR count). The first-order valence-corrected chi connectivity index (χ1v) is 10.1. The summed E-state index contributed by atoms with van der Waals surface area (Å²) < 4.78 is 43.8. The number of alkyl halides is 2. The molecule has 1 aliphatic heterocycles. The number of fused-ring (bicyclic) bond motifs is 1. The van der Waals surface area contributed by atoms with E-state index in [0.717, 1.165) is 44.4 Å². The molecule has 1 spiro atoms. The Labute approximate surface area is 180 Å². The van der Waals surface area contributed by atoms with Crippen LogP contribution in [-0.2, 0) is 0 Å². The van der Waals surface area contributed by atoms with Crippen molar-refractivity contribution in [1.29, 1.82) is 0 Å². The number of halogens is 4. The Balaban J connectivity index is 1.47. The SMILES string of the molecule is Fc1c(Nc2ncnc3ccc(N4CCNC5(CC5)C4)nc23)ccc(OC(F)F)c1Cl. The van der Waals surface area contributed by atoms with E-state index in [9.17, 15) is 13.2 Å². The van der Waals surface area contributed by atoms with Crippen molar-refractivity contribution < 1.29 is 17.9 Å². The van der Waals surface area contributed by atoms with E-state index in [0.29, 0.717) is 11.0 Å². The third-order valence-electron chi connectivity index (χ3n) is 5.54. The summed E-state index contributed by atoms with van der Waals surface area (Å²) in [5.74, 6) is -0.307. The molecule has 7 nitrogen and oxygen atoms in total. The normalized spacial score (nSPS) is 17.4. The summed E-state index contributed by atoms with van der Waals surface area (Å²) in [5.41, 5.74) is 1.19. The van der Waals surface area contributed by atoms with Crippen LogP contribution >= 0.6 is 11.6 Å². The number of ether oxygens (including phenoxy) is 1. The lowest BCUT2D eigenvalue weighted by Crippen LogP contribution is -2.52. The maximum atomic E-state index is 14.7. The maximum Gasteiger partial charge on any atom is 0.387 e. The van der Waals surface area contributed by atoms with Crippen molar-refractivity contribution in [3.63, 3.8) is 0 Å². The smallest absolute Gasteiger partial charge is 0.387 e. The molecule has 0 atom stereocenters. The molecule has 2 N–H and O–H groups in total. The molecule has 1 aromatic carbocycles. The summed E-state index contributed by atoms with van der Waals surface area (Å²) in [7, 11) is 0. The van der Waals surface area contributed by atoms with Gasteiger partial charge in [0.25, 0.3) is 0 Å². The highest BCUT2D eigenvalue weighted by atomic mass is 35.5. The fourth-order valence-electron chi connectivity index (χ4n) is 3.78. The van der Waals surface area contributed by atoms with Crippen LogP contribution in [0.25, 0.3) is 11.0 Å². The molecular formula is C20H18ClF3N6O. The molecule has 1 saturated carbocycles. The van der Waals surface area contributed by atoms with Crippen LogP contribution in [0.2, 0.25) is 5.02 Å². The molecule has 31 heavy (non-hydrogen) atoms. The third-order valence-corrected chi connectivity index (χ3v) is 5.89. The van der Waals surface area contributed by atoms with Gasteiger partial charge in [-0.3, -0.25) is 0 Å². The fraction of sp³-hybridized carbons (Fsp3) is 0.350. The lowest BCUT2D eigenvalue weighted by Gasteiger charge is -2.34. The number of benzene rings is 1. The summed E-state index contributed by atoms with van der Waals surface area (Å²) >= 11 is 5.85. The summed E-state index contributed by atoms with van der Waals surface area (Å²) in [5, 5.41) is 5.86. The van der Waals surface area contributed by atoms with Crippen LogP contribution in [0.15, 0.2) is 30.6 Å². The first kappa shape index (κ1) is 20.1. The molecule has 2 fully saturated rings. The standard InChI is InChI=1S/C20H18ClF3N6O/c21-15-13(31-19(23)24)3-1-11(16(15)22)28-18-17-12(25-10-26-18)2-4-14(29-17)30-8-7-27-20(9-30)5-6-20/h1-4,10,19,27H,5-9H2,(H,25,26,28). The summed E-state index contributed by atoms with van der Waals surface area (Å²) in [4.78, 5) is 15.4. The van der Waals surface area contributed by atoms with Crippen LogP contribution in [0.3, 0.4) is 0 Å². The zero-order valence-corrected chi connectivity index (χ0v) is 17.0. The van der Waals surface area contributed by atoms with Crippen molar-refractivity contribution in [3.05, 3.63) is 41.4 Å². The van der Waals surface area contributed by atoms with E-state index in [1.165, 1.54) is 12.4 Å². The molecule has 1 saturated heterocycles. The van der Waals surface area contributed by atoms with Crippen molar-refractivity contribution in [2.45, 2.75) is 25.0 Å². The molecule has 2 aromatic heterocycles. The molecule has 162 valence electrons. The van der Waals surface area contributed by atoms with Gasteiger partial charge in [-0.05, 0) is 37.1 Å². The number of anilines is 3. The molecule has 0 bridgehead atoms. The highest BCUT2D eigenvalue weighted by molar-refractivity contribution is 6.32. The summed E-state index contributed by atoms with van der Waals surface area (Å²) in [6, 6.07) is 6.17. The van der Waals surface area contributed by atoms with Crippen LogP contribution in [0.5, 0.6) is 5.75 Å². The van der Waals surface area contributed by atoms with Crippen molar-refractivity contribution in [2.75, 3.05) is 29.9 Å². The second-order valence-corrected chi connectivity index (χ2v) is 8.01. The van der Waals surface area contributed by atoms with Crippen LogP contribution in [0.1, 0.15) is 12.8 Å². The van der Waals surface area contributed by atoms with Gasteiger partial charge in [-0.2, -0.15) is 8.78 Å². The van der Waals surface area contributed by atoms with E-state index in [1.807, 2.05) is 12.1 Å². The average molecular weight is 451 g/mol. The van der Waals surface area contributed by atoms with Crippen LogP contribution < -0.4 is 20.3 Å². The number of hydrogen-bond donors (Lipinski definition) is 2. The van der Waals surface area contributed by atoms with Crippen molar-refractivity contribution in [3.8, 4) is 5.75 Å². The molecule has 0 radical (unpaired) electrons. The van der Waals surface area contributed by atoms with Gasteiger partial charge in [-0.15, -0.1) is 0 Å². The molecule has 1 aliphatic carbocycles. The van der Waals surface area contributed by atoms with Gasteiger partial charge in [-0.25, -0.2) is 19.3 Å². The summed E-state index contributed by atoms with van der Waals surface area (Å²) in [6.07, 6.45) is 3.64. The monoisotopic (exact) mass is 450 g/mol. The Hall–Kier alpha value is -2.85. The Kier molecular flexibility index (Phi) is 4.98. The van der Waals surface area contributed by atoms with Gasteiger partial charge < -0.3 is 20.3 Å². The lowest BCUT2D eigenvalue weighted by atomic mass is 10.2. The van der Waals surface area contributed by atoms with Gasteiger partial charge in [0.15, 0.2) is 11.6 Å². The minimum Gasteiger partial charge on any atom is -0.433 e. The predicted octanol–water partition coefficient (Wildman–Crippen LogP) is 4.10. The van der Waals surface area contributed by atoms with E-state index in [2.05, 4.69) is 30.2 Å². The quantitative estimate of drug-likeness (QED) is 0.606. The fourth-order valence-corrected chi connectivity index (χ4v) is 3.99. The van der Waals surface area contributed by atoms with E-state index < -0.39 is 23.2 Å². The van der Waals surface area contributed by atoms with Gasteiger partial charge in [0.1, 0.15) is 28.4 Å². The van der Waals surface area contributed by atoms with E-state index >= 15 is 0 Å². The van der Waals surface area contributed by atoms with E-state index in [-0.39, 0.29) is 17.0 Å². The van der Waals surface area contributed by atoms with Crippen molar-refractivity contribution >= 4 is 40.0 Å². The number of pyridine rings is 1. The molecule has 0 unspecified atom stereocenters. The maximum absolute atomic E-state index is 14.7. The molecule has 3 heterocycles. The number of piperazine rings is 1. The Morgan fingerprint density at radius 2 is 2.03 bits per heavy atom. The lowest BCUT2D eigenvalue weighted by molar-refractivity contribution is -0.0499. The predicted molar refractivity (Wildman–Crippen MR) is 111 cm³/mol. The number of nitrogens with zero attached hydrogens (tertiary/aromatic N) is 4. The number of hydrogen-bond acceptors (Lipinski definition) is 7. The number of nitrogens with one attached hydrogen (secondary N) is 2. The first-order chi connectivity index (χ1) is 14.9. The first-order valence-electron chi connectivity index (χ1n) is 9.76. The Morgan fingerprint density at radius 3 is 2.81 bits per heavy atom. The van der Waals surface area contributed by atoms with Gasteiger partial charge in [0.05, 0.1) is 11.2 Å². The Bertz CT molecular complexity index is 1140. The topological polar surface area (TPSA) is 75.2 Å². The zero-order chi connectivity index (χ0) is 21.6. The minimum absolute atomic E-state index is 0.0436. The molecular weight excluding hydrogens is 433 g/mol. The highest BCUT2D eigenvalue weighted by Crippen LogP contribution is 2.39.